The van der Waals surface area contributed by atoms with E-state index in [1.165, 1.54) is 6.07 Å². The second-order valence-corrected chi connectivity index (χ2v) is 4.34. The molecule has 100 valence electrons. The number of aryl methyl sites for hydroxylation is 1. The molecule has 3 N–H and O–H groups in total. The summed E-state index contributed by atoms with van der Waals surface area (Å²) in [5, 5.41) is 2.26. The zero-order valence-corrected chi connectivity index (χ0v) is 10.4. The van der Waals surface area contributed by atoms with Crippen molar-refractivity contribution in [3.63, 3.8) is 0 Å². The molecule has 0 saturated carbocycles. The molecule has 0 bridgehead atoms. The van der Waals surface area contributed by atoms with Crippen LogP contribution >= 0.6 is 11.6 Å². The summed E-state index contributed by atoms with van der Waals surface area (Å²) < 4.78 is 37.5. The fourth-order valence-corrected chi connectivity index (χ4v) is 1.12. The minimum Gasteiger partial charge on any atom is -0.323 e. The first kappa shape index (κ1) is 14.7. The van der Waals surface area contributed by atoms with Crippen molar-refractivity contribution in [2.24, 2.45) is 5.73 Å². The molecule has 1 aromatic heterocycles. The van der Waals surface area contributed by atoms with Gasteiger partial charge in [-0.15, -0.1) is 0 Å². The molecule has 1 rings (SSSR count). The van der Waals surface area contributed by atoms with Crippen LogP contribution in [0.5, 0.6) is 0 Å². The Balaban J connectivity index is 2.91. The van der Waals surface area contributed by atoms with E-state index in [9.17, 15) is 18.0 Å². The lowest BCUT2D eigenvalue weighted by Crippen LogP contribution is -2.59. The second kappa shape index (κ2) is 4.74. The van der Waals surface area contributed by atoms with Crippen LogP contribution in [0.4, 0.5) is 18.9 Å². The van der Waals surface area contributed by atoms with Gasteiger partial charge in [0.1, 0.15) is 5.15 Å². The highest BCUT2D eigenvalue weighted by atomic mass is 35.5. The molecule has 4 nitrogen and oxygen atoms in total. The van der Waals surface area contributed by atoms with E-state index in [-0.39, 0.29) is 10.8 Å². The number of anilines is 1. The van der Waals surface area contributed by atoms with Gasteiger partial charge in [0.2, 0.25) is 0 Å². The van der Waals surface area contributed by atoms with Gasteiger partial charge in [-0.2, -0.15) is 13.2 Å². The van der Waals surface area contributed by atoms with Crippen LogP contribution in [0.2, 0.25) is 5.15 Å². The molecule has 0 saturated heterocycles. The van der Waals surface area contributed by atoms with Crippen molar-refractivity contribution in [2.75, 3.05) is 5.32 Å². The van der Waals surface area contributed by atoms with Gasteiger partial charge in [0.05, 0.1) is 11.9 Å². The molecule has 1 heterocycles. The van der Waals surface area contributed by atoms with E-state index in [1.807, 2.05) is 0 Å². The molecule has 0 aliphatic heterocycles. The number of hydrogen-bond acceptors (Lipinski definition) is 3. The number of carbonyl (C=O) groups is 1. The van der Waals surface area contributed by atoms with Crippen molar-refractivity contribution in [3.05, 3.63) is 23.0 Å². The Hall–Kier alpha value is -1.34. The summed E-state index contributed by atoms with van der Waals surface area (Å²) in [5.41, 5.74) is 2.63. The average molecular weight is 282 g/mol. The highest BCUT2D eigenvalue weighted by molar-refractivity contribution is 6.30. The Morgan fingerprint density at radius 3 is 2.50 bits per heavy atom. The molecule has 1 aromatic rings. The lowest BCUT2D eigenvalue weighted by atomic mass is 10.0. The van der Waals surface area contributed by atoms with Crippen LogP contribution in [0.3, 0.4) is 0 Å². The predicted octanol–water partition coefficient (Wildman–Crippen LogP) is 2.26. The smallest absolute Gasteiger partial charge is 0.323 e. The summed E-state index contributed by atoms with van der Waals surface area (Å²) in [6.45, 7) is 2.20. The standard InChI is InChI=1S/C10H11ClF3N3O/c1-5-3-6(4-16-7(5)11)17-8(18)9(2,15)10(12,13)14/h3-4H,15H2,1-2H3,(H,17,18). The van der Waals surface area contributed by atoms with Gasteiger partial charge >= 0.3 is 6.18 Å². The maximum Gasteiger partial charge on any atom is 0.415 e. The molecule has 1 amide bonds. The van der Waals surface area contributed by atoms with Gasteiger partial charge < -0.3 is 11.1 Å². The minimum atomic E-state index is -4.84. The molecular formula is C10H11ClF3N3O. The number of nitrogens with two attached hydrogens (primary N) is 1. The number of nitrogens with one attached hydrogen (secondary N) is 1. The molecule has 1 atom stereocenters. The van der Waals surface area contributed by atoms with Gasteiger partial charge in [-0.1, -0.05) is 11.6 Å². The lowest BCUT2D eigenvalue weighted by molar-refractivity contribution is -0.184. The zero-order chi connectivity index (χ0) is 14.1. The summed E-state index contributed by atoms with van der Waals surface area (Å²) >= 11 is 5.65. The second-order valence-electron chi connectivity index (χ2n) is 3.99. The number of alkyl halides is 3. The third-order valence-electron chi connectivity index (χ3n) is 2.33. The highest BCUT2D eigenvalue weighted by Crippen LogP contribution is 2.29. The van der Waals surface area contributed by atoms with Crippen molar-refractivity contribution in [1.82, 2.24) is 4.98 Å². The van der Waals surface area contributed by atoms with Gasteiger partial charge in [0.15, 0.2) is 5.54 Å². The summed E-state index contributed by atoms with van der Waals surface area (Å²) in [7, 11) is 0. The molecule has 0 radical (unpaired) electrons. The Bertz CT molecular complexity index is 474. The fourth-order valence-electron chi connectivity index (χ4n) is 1.02. The molecular weight excluding hydrogens is 271 g/mol. The molecule has 0 aromatic carbocycles. The van der Waals surface area contributed by atoms with E-state index in [1.54, 1.807) is 6.92 Å². The monoisotopic (exact) mass is 281 g/mol. The number of rotatable bonds is 2. The Morgan fingerprint density at radius 1 is 1.50 bits per heavy atom. The third-order valence-corrected chi connectivity index (χ3v) is 2.73. The molecule has 0 aliphatic rings. The van der Waals surface area contributed by atoms with Crippen molar-refractivity contribution >= 4 is 23.2 Å². The van der Waals surface area contributed by atoms with Gasteiger partial charge in [-0.05, 0) is 25.5 Å². The number of nitrogens with zero attached hydrogens (tertiary/aromatic N) is 1. The van der Waals surface area contributed by atoms with E-state index in [0.717, 1.165) is 6.20 Å². The normalized spacial score (nSPS) is 15.1. The van der Waals surface area contributed by atoms with Crippen LogP contribution in [0.25, 0.3) is 0 Å². The van der Waals surface area contributed by atoms with Crippen LogP contribution in [-0.4, -0.2) is 22.6 Å². The first-order valence-electron chi connectivity index (χ1n) is 4.85. The number of hydrogen-bond donors (Lipinski definition) is 2. The van der Waals surface area contributed by atoms with Crippen LogP contribution in [0.1, 0.15) is 12.5 Å². The third kappa shape index (κ3) is 2.91. The molecule has 18 heavy (non-hydrogen) atoms. The summed E-state index contributed by atoms with van der Waals surface area (Å²) in [5.74, 6) is -1.36. The number of aromatic nitrogens is 1. The quantitative estimate of drug-likeness (QED) is 0.817. The molecule has 0 aliphatic carbocycles. The molecule has 0 fully saturated rings. The zero-order valence-electron chi connectivity index (χ0n) is 9.60. The van der Waals surface area contributed by atoms with Crippen LogP contribution in [-0.2, 0) is 4.79 Å². The van der Waals surface area contributed by atoms with Crippen LogP contribution < -0.4 is 11.1 Å². The van der Waals surface area contributed by atoms with Crippen molar-refractivity contribution in [2.45, 2.75) is 25.6 Å². The number of pyridine rings is 1. The Morgan fingerprint density at radius 2 is 2.06 bits per heavy atom. The molecule has 1 unspecified atom stereocenters. The minimum absolute atomic E-state index is 0.0998. The topological polar surface area (TPSA) is 68.0 Å². The average Bonchev–Trinajstić information content (AvgIpc) is 2.21. The molecule has 0 spiro atoms. The van der Waals surface area contributed by atoms with E-state index >= 15 is 0 Å². The maximum absolute atomic E-state index is 12.5. The highest BCUT2D eigenvalue weighted by Gasteiger charge is 2.53. The predicted molar refractivity (Wildman–Crippen MR) is 61.3 cm³/mol. The first-order chi connectivity index (χ1) is 8.05. The van der Waals surface area contributed by atoms with Gasteiger partial charge in [0.25, 0.3) is 5.91 Å². The summed E-state index contributed by atoms with van der Waals surface area (Å²) in [6, 6.07) is 1.40. The largest absolute Gasteiger partial charge is 0.415 e. The van der Waals surface area contributed by atoms with Crippen LogP contribution in [0.15, 0.2) is 12.3 Å². The van der Waals surface area contributed by atoms with E-state index in [4.69, 9.17) is 17.3 Å². The number of halogens is 4. The van der Waals surface area contributed by atoms with Gasteiger partial charge in [-0.25, -0.2) is 4.98 Å². The summed E-state index contributed by atoms with van der Waals surface area (Å²) in [4.78, 5) is 15.2. The van der Waals surface area contributed by atoms with Crippen molar-refractivity contribution in [3.8, 4) is 0 Å². The fraction of sp³-hybridized carbons (Fsp3) is 0.400. The SMILES string of the molecule is Cc1cc(NC(=O)C(C)(N)C(F)(F)F)cnc1Cl. The molecule has 8 heteroatoms. The first-order valence-corrected chi connectivity index (χ1v) is 5.22. The van der Waals surface area contributed by atoms with Gasteiger partial charge in [0, 0.05) is 0 Å². The van der Waals surface area contributed by atoms with Gasteiger partial charge in [-0.3, -0.25) is 4.79 Å². The van der Waals surface area contributed by atoms with Crippen molar-refractivity contribution in [1.29, 1.82) is 0 Å². The number of carbonyl (C=O) groups excluding carboxylic acids is 1. The van der Waals surface area contributed by atoms with Crippen molar-refractivity contribution < 1.29 is 18.0 Å². The number of amides is 1. The van der Waals surface area contributed by atoms with E-state index in [2.05, 4.69) is 10.3 Å². The Kier molecular flexibility index (Phi) is 3.87. The Labute approximate surface area is 106 Å². The lowest BCUT2D eigenvalue weighted by Gasteiger charge is -2.26. The van der Waals surface area contributed by atoms with E-state index < -0.39 is 17.6 Å². The maximum atomic E-state index is 12.5. The van der Waals surface area contributed by atoms with E-state index in [0.29, 0.717) is 12.5 Å². The van der Waals surface area contributed by atoms with Crippen LogP contribution in [0, 0.1) is 6.92 Å². The summed E-state index contributed by atoms with van der Waals surface area (Å²) in [6.07, 6.45) is -3.69.